The van der Waals surface area contributed by atoms with Gasteiger partial charge >= 0.3 is 0 Å². The van der Waals surface area contributed by atoms with Crippen molar-refractivity contribution in [3.05, 3.63) is 34.9 Å². The van der Waals surface area contributed by atoms with Gasteiger partial charge < -0.3 is 10.6 Å². The SMILES string of the molecule is CC(C)(N)C(=O)N1CCCC1c1cccc(Cl)c1. The molecule has 1 aliphatic heterocycles. The van der Waals surface area contributed by atoms with Gasteiger partial charge in [0.25, 0.3) is 0 Å². The van der Waals surface area contributed by atoms with E-state index in [4.69, 9.17) is 17.3 Å². The summed E-state index contributed by atoms with van der Waals surface area (Å²) in [6.07, 6.45) is 1.99. The van der Waals surface area contributed by atoms with E-state index in [0.29, 0.717) is 5.02 Å². The Balaban J connectivity index is 2.25. The number of halogens is 1. The van der Waals surface area contributed by atoms with E-state index >= 15 is 0 Å². The summed E-state index contributed by atoms with van der Waals surface area (Å²) in [5.74, 6) is 0.00461. The standard InChI is InChI=1S/C14H19ClN2O/c1-14(2,16)13(18)17-8-4-7-12(17)10-5-3-6-11(15)9-10/h3,5-6,9,12H,4,7-8,16H2,1-2H3. The van der Waals surface area contributed by atoms with Crippen molar-refractivity contribution in [2.75, 3.05) is 6.54 Å². The van der Waals surface area contributed by atoms with Crippen LogP contribution >= 0.6 is 11.6 Å². The normalized spacial score (nSPS) is 20.2. The maximum absolute atomic E-state index is 12.3. The number of rotatable bonds is 2. The van der Waals surface area contributed by atoms with Gasteiger partial charge in [-0.1, -0.05) is 23.7 Å². The fraction of sp³-hybridized carbons (Fsp3) is 0.500. The molecule has 0 aliphatic carbocycles. The summed E-state index contributed by atoms with van der Waals surface area (Å²) in [6, 6.07) is 7.83. The second-order valence-electron chi connectivity index (χ2n) is 5.43. The number of hydrogen-bond acceptors (Lipinski definition) is 2. The third-order valence-electron chi connectivity index (χ3n) is 3.30. The first kappa shape index (κ1) is 13.4. The molecule has 0 saturated carbocycles. The fourth-order valence-electron chi connectivity index (χ4n) is 2.44. The molecule has 1 fully saturated rings. The van der Waals surface area contributed by atoms with Gasteiger partial charge in [-0.3, -0.25) is 4.79 Å². The fourth-order valence-corrected chi connectivity index (χ4v) is 2.64. The highest BCUT2D eigenvalue weighted by Gasteiger charge is 2.35. The molecule has 98 valence electrons. The first-order valence-electron chi connectivity index (χ1n) is 6.25. The lowest BCUT2D eigenvalue weighted by atomic mass is 10.0. The summed E-state index contributed by atoms with van der Waals surface area (Å²) in [5, 5.41) is 0.707. The lowest BCUT2D eigenvalue weighted by molar-refractivity contribution is -0.136. The Bertz CT molecular complexity index is 453. The van der Waals surface area contributed by atoms with Crippen LogP contribution in [0.1, 0.15) is 38.3 Å². The van der Waals surface area contributed by atoms with Gasteiger partial charge in [-0.15, -0.1) is 0 Å². The molecular formula is C14H19ClN2O. The minimum Gasteiger partial charge on any atom is -0.334 e. The molecule has 1 unspecified atom stereocenters. The molecule has 18 heavy (non-hydrogen) atoms. The summed E-state index contributed by atoms with van der Waals surface area (Å²) in [5.41, 5.74) is 6.19. The topological polar surface area (TPSA) is 46.3 Å². The number of likely N-dealkylation sites (tertiary alicyclic amines) is 1. The second kappa shape index (κ2) is 4.90. The monoisotopic (exact) mass is 266 g/mol. The average Bonchev–Trinajstić information content (AvgIpc) is 2.75. The Morgan fingerprint density at radius 3 is 2.83 bits per heavy atom. The summed E-state index contributed by atoms with van der Waals surface area (Å²) in [4.78, 5) is 14.2. The molecule has 3 nitrogen and oxygen atoms in total. The van der Waals surface area contributed by atoms with E-state index in [1.165, 1.54) is 0 Å². The Hall–Kier alpha value is -1.06. The van der Waals surface area contributed by atoms with Crippen LogP contribution in [-0.2, 0) is 4.79 Å². The zero-order valence-electron chi connectivity index (χ0n) is 10.8. The van der Waals surface area contributed by atoms with Crippen LogP contribution in [0.4, 0.5) is 0 Å². The van der Waals surface area contributed by atoms with Crippen molar-refractivity contribution in [3.8, 4) is 0 Å². The summed E-state index contributed by atoms with van der Waals surface area (Å²) < 4.78 is 0. The van der Waals surface area contributed by atoms with Gasteiger partial charge in [-0.05, 0) is 44.4 Å². The van der Waals surface area contributed by atoms with Crippen molar-refractivity contribution >= 4 is 17.5 Å². The Kier molecular flexibility index (Phi) is 3.64. The summed E-state index contributed by atoms with van der Waals surface area (Å²) >= 11 is 6.01. The maximum Gasteiger partial charge on any atom is 0.242 e. The molecule has 0 radical (unpaired) electrons. The number of amides is 1. The zero-order valence-corrected chi connectivity index (χ0v) is 11.6. The molecule has 4 heteroatoms. The van der Waals surface area contributed by atoms with E-state index in [1.54, 1.807) is 13.8 Å². The lowest BCUT2D eigenvalue weighted by Crippen LogP contribution is -2.50. The molecule has 0 spiro atoms. The number of carbonyl (C=O) groups excluding carboxylic acids is 1. The molecule has 2 N–H and O–H groups in total. The smallest absolute Gasteiger partial charge is 0.242 e. The highest BCUT2D eigenvalue weighted by Crippen LogP contribution is 2.34. The minimum absolute atomic E-state index is 0.00461. The van der Waals surface area contributed by atoms with E-state index in [1.807, 2.05) is 29.2 Å². The van der Waals surface area contributed by atoms with Crippen molar-refractivity contribution in [2.45, 2.75) is 38.3 Å². The van der Waals surface area contributed by atoms with Gasteiger partial charge in [0.2, 0.25) is 5.91 Å². The minimum atomic E-state index is -0.818. The highest BCUT2D eigenvalue weighted by atomic mass is 35.5. The van der Waals surface area contributed by atoms with Crippen molar-refractivity contribution in [1.29, 1.82) is 0 Å². The van der Waals surface area contributed by atoms with Gasteiger partial charge in [0.15, 0.2) is 0 Å². The molecule has 0 bridgehead atoms. The molecule has 1 aromatic rings. The molecular weight excluding hydrogens is 248 g/mol. The first-order chi connectivity index (χ1) is 8.39. The van der Waals surface area contributed by atoms with Crippen LogP contribution in [0.5, 0.6) is 0 Å². The van der Waals surface area contributed by atoms with Gasteiger partial charge in [0.1, 0.15) is 0 Å². The maximum atomic E-state index is 12.3. The predicted octanol–water partition coefficient (Wildman–Crippen LogP) is 2.74. The summed E-state index contributed by atoms with van der Waals surface area (Å²) in [7, 11) is 0. The zero-order chi connectivity index (χ0) is 13.3. The van der Waals surface area contributed by atoms with Crippen LogP contribution in [0.15, 0.2) is 24.3 Å². The number of carbonyl (C=O) groups is 1. The quantitative estimate of drug-likeness (QED) is 0.895. The lowest BCUT2D eigenvalue weighted by Gasteiger charge is -2.31. The molecule has 1 heterocycles. The van der Waals surface area contributed by atoms with Gasteiger partial charge in [-0.2, -0.15) is 0 Å². The van der Waals surface area contributed by atoms with Crippen LogP contribution < -0.4 is 5.73 Å². The molecule has 1 aromatic carbocycles. The molecule has 1 atom stereocenters. The third kappa shape index (κ3) is 2.68. The van der Waals surface area contributed by atoms with Gasteiger partial charge in [0, 0.05) is 11.6 Å². The predicted molar refractivity (Wildman–Crippen MR) is 73.4 cm³/mol. The molecule has 2 rings (SSSR count). The van der Waals surface area contributed by atoms with Crippen LogP contribution in [0, 0.1) is 0 Å². The van der Waals surface area contributed by atoms with Crippen LogP contribution in [0.3, 0.4) is 0 Å². The Morgan fingerprint density at radius 2 is 2.22 bits per heavy atom. The van der Waals surface area contributed by atoms with Crippen LogP contribution in [-0.4, -0.2) is 22.9 Å². The van der Waals surface area contributed by atoms with E-state index in [2.05, 4.69) is 0 Å². The van der Waals surface area contributed by atoms with Crippen molar-refractivity contribution < 1.29 is 4.79 Å². The van der Waals surface area contributed by atoms with E-state index < -0.39 is 5.54 Å². The van der Waals surface area contributed by atoms with E-state index in [0.717, 1.165) is 24.9 Å². The number of hydrogen-bond donors (Lipinski definition) is 1. The number of benzene rings is 1. The highest BCUT2D eigenvalue weighted by molar-refractivity contribution is 6.30. The molecule has 1 amide bonds. The number of nitrogens with zero attached hydrogens (tertiary/aromatic N) is 1. The Morgan fingerprint density at radius 1 is 1.50 bits per heavy atom. The van der Waals surface area contributed by atoms with Crippen molar-refractivity contribution in [1.82, 2.24) is 4.90 Å². The number of nitrogens with two attached hydrogens (primary N) is 1. The van der Waals surface area contributed by atoms with E-state index in [-0.39, 0.29) is 11.9 Å². The first-order valence-corrected chi connectivity index (χ1v) is 6.63. The molecule has 1 aliphatic rings. The Labute approximate surface area is 113 Å². The largest absolute Gasteiger partial charge is 0.334 e. The second-order valence-corrected chi connectivity index (χ2v) is 5.87. The average molecular weight is 267 g/mol. The van der Waals surface area contributed by atoms with Crippen LogP contribution in [0.25, 0.3) is 0 Å². The van der Waals surface area contributed by atoms with Crippen molar-refractivity contribution in [2.24, 2.45) is 5.73 Å². The van der Waals surface area contributed by atoms with E-state index in [9.17, 15) is 4.79 Å². The van der Waals surface area contributed by atoms with Crippen molar-refractivity contribution in [3.63, 3.8) is 0 Å². The molecule has 1 saturated heterocycles. The van der Waals surface area contributed by atoms with Gasteiger partial charge in [0.05, 0.1) is 11.6 Å². The van der Waals surface area contributed by atoms with Crippen LogP contribution in [0.2, 0.25) is 5.02 Å². The van der Waals surface area contributed by atoms with Gasteiger partial charge in [-0.25, -0.2) is 0 Å². The third-order valence-corrected chi connectivity index (χ3v) is 3.53. The molecule has 0 aromatic heterocycles. The summed E-state index contributed by atoms with van der Waals surface area (Å²) in [6.45, 7) is 4.28.